The van der Waals surface area contributed by atoms with Crippen LogP contribution in [0.2, 0.25) is 0 Å². The van der Waals surface area contributed by atoms with Gasteiger partial charge in [-0.25, -0.2) is 0 Å². The van der Waals surface area contributed by atoms with Crippen molar-refractivity contribution in [1.29, 1.82) is 0 Å². The number of thiophene rings is 1. The number of amides is 1. The Balaban J connectivity index is 2.29. The number of nitrogens with zero attached hydrogens (tertiary/aromatic N) is 1. The van der Waals surface area contributed by atoms with E-state index in [1.54, 1.807) is 11.3 Å². The summed E-state index contributed by atoms with van der Waals surface area (Å²) < 4.78 is 0. The lowest BCUT2D eigenvalue weighted by molar-refractivity contribution is -0.122. The summed E-state index contributed by atoms with van der Waals surface area (Å²) >= 11 is 1.74. The average molecular weight is 282 g/mol. The van der Waals surface area contributed by atoms with Crippen LogP contribution in [0.5, 0.6) is 0 Å². The van der Waals surface area contributed by atoms with Crippen molar-refractivity contribution in [2.24, 2.45) is 5.41 Å². The van der Waals surface area contributed by atoms with Crippen LogP contribution in [0, 0.1) is 5.41 Å². The highest BCUT2D eigenvalue weighted by Gasteiger charge is 2.12. The van der Waals surface area contributed by atoms with Crippen molar-refractivity contribution in [3.8, 4) is 0 Å². The van der Waals surface area contributed by atoms with E-state index < -0.39 is 0 Å². The summed E-state index contributed by atoms with van der Waals surface area (Å²) in [5, 5.41) is 5.08. The van der Waals surface area contributed by atoms with E-state index in [1.807, 2.05) is 0 Å². The predicted molar refractivity (Wildman–Crippen MR) is 82.4 cm³/mol. The van der Waals surface area contributed by atoms with E-state index in [-0.39, 0.29) is 11.3 Å². The second kappa shape index (κ2) is 7.65. The molecule has 1 N–H and O–H groups in total. The SMILES string of the molecule is CCN(CC(=O)NCCC(C)(C)C)Cc1cccs1. The Morgan fingerprint density at radius 2 is 2.16 bits per heavy atom. The lowest BCUT2D eigenvalue weighted by atomic mass is 9.92. The van der Waals surface area contributed by atoms with Crippen LogP contribution in [0.15, 0.2) is 17.5 Å². The zero-order valence-corrected chi connectivity index (χ0v) is 13.3. The first kappa shape index (κ1) is 16.2. The van der Waals surface area contributed by atoms with Crippen molar-refractivity contribution in [2.45, 2.75) is 40.7 Å². The normalized spacial score (nSPS) is 11.8. The number of carbonyl (C=O) groups is 1. The molecule has 108 valence electrons. The standard InChI is InChI=1S/C15H26N2OS/c1-5-17(11-13-7-6-10-19-13)12-14(18)16-9-8-15(2,3)4/h6-7,10H,5,8-9,11-12H2,1-4H3,(H,16,18). The summed E-state index contributed by atoms with van der Waals surface area (Å²) in [5.74, 6) is 0.127. The second-order valence-electron chi connectivity index (χ2n) is 6.04. The van der Waals surface area contributed by atoms with Gasteiger partial charge in [-0.3, -0.25) is 9.69 Å². The zero-order chi connectivity index (χ0) is 14.3. The number of nitrogens with one attached hydrogen (secondary N) is 1. The first-order chi connectivity index (χ1) is 8.90. The van der Waals surface area contributed by atoms with Crippen molar-refractivity contribution in [3.63, 3.8) is 0 Å². The van der Waals surface area contributed by atoms with Gasteiger partial charge in [-0.15, -0.1) is 11.3 Å². The molecule has 0 saturated heterocycles. The van der Waals surface area contributed by atoms with Crippen LogP contribution in [0.3, 0.4) is 0 Å². The molecule has 0 bridgehead atoms. The van der Waals surface area contributed by atoms with Crippen LogP contribution in [-0.2, 0) is 11.3 Å². The van der Waals surface area contributed by atoms with Crippen molar-refractivity contribution >= 4 is 17.2 Å². The molecule has 1 aromatic heterocycles. The monoisotopic (exact) mass is 282 g/mol. The van der Waals surface area contributed by atoms with E-state index >= 15 is 0 Å². The van der Waals surface area contributed by atoms with Gasteiger partial charge in [-0.05, 0) is 29.8 Å². The number of likely N-dealkylation sites (N-methyl/N-ethyl adjacent to an activating group) is 1. The quantitative estimate of drug-likeness (QED) is 0.833. The summed E-state index contributed by atoms with van der Waals surface area (Å²) in [6.07, 6.45) is 1.01. The minimum atomic E-state index is 0.127. The highest BCUT2D eigenvalue weighted by atomic mass is 32.1. The summed E-state index contributed by atoms with van der Waals surface area (Å²) in [5.41, 5.74) is 0.273. The molecule has 0 fully saturated rings. The third-order valence-corrected chi connectivity index (χ3v) is 3.83. The fraction of sp³-hybridized carbons (Fsp3) is 0.667. The maximum absolute atomic E-state index is 11.9. The van der Waals surface area contributed by atoms with Gasteiger partial charge in [0.15, 0.2) is 0 Å². The first-order valence-electron chi connectivity index (χ1n) is 6.92. The molecule has 1 amide bonds. The highest BCUT2D eigenvalue weighted by Crippen LogP contribution is 2.17. The molecule has 0 saturated carbocycles. The molecule has 0 atom stereocenters. The molecule has 1 aromatic rings. The molecule has 0 radical (unpaired) electrons. The Morgan fingerprint density at radius 3 is 2.68 bits per heavy atom. The number of hydrogen-bond acceptors (Lipinski definition) is 3. The van der Waals surface area contributed by atoms with Gasteiger partial charge in [0, 0.05) is 18.0 Å². The maximum Gasteiger partial charge on any atom is 0.234 e. The van der Waals surface area contributed by atoms with Gasteiger partial charge in [-0.1, -0.05) is 33.8 Å². The van der Waals surface area contributed by atoms with Gasteiger partial charge in [0.1, 0.15) is 0 Å². The van der Waals surface area contributed by atoms with E-state index in [9.17, 15) is 4.79 Å². The largest absolute Gasteiger partial charge is 0.355 e. The molecule has 3 nitrogen and oxygen atoms in total. The van der Waals surface area contributed by atoms with Gasteiger partial charge in [0.05, 0.1) is 6.54 Å². The lowest BCUT2D eigenvalue weighted by Crippen LogP contribution is -2.37. The van der Waals surface area contributed by atoms with Crippen LogP contribution in [-0.4, -0.2) is 30.4 Å². The van der Waals surface area contributed by atoms with Crippen LogP contribution in [0.25, 0.3) is 0 Å². The van der Waals surface area contributed by atoms with Crippen molar-refractivity contribution < 1.29 is 4.79 Å². The first-order valence-corrected chi connectivity index (χ1v) is 7.80. The lowest BCUT2D eigenvalue weighted by Gasteiger charge is -2.21. The minimum absolute atomic E-state index is 0.127. The van der Waals surface area contributed by atoms with Crippen LogP contribution in [0.1, 0.15) is 39.0 Å². The van der Waals surface area contributed by atoms with Crippen molar-refractivity contribution in [3.05, 3.63) is 22.4 Å². The molecule has 19 heavy (non-hydrogen) atoms. The summed E-state index contributed by atoms with van der Waals surface area (Å²) in [6.45, 7) is 11.7. The highest BCUT2D eigenvalue weighted by molar-refractivity contribution is 7.09. The number of carbonyl (C=O) groups excluding carboxylic acids is 1. The number of rotatable bonds is 7. The van der Waals surface area contributed by atoms with Crippen molar-refractivity contribution in [2.75, 3.05) is 19.6 Å². The Hall–Kier alpha value is -0.870. The van der Waals surface area contributed by atoms with Crippen molar-refractivity contribution in [1.82, 2.24) is 10.2 Å². The Labute approximate surface area is 121 Å². The van der Waals surface area contributed by atoms with E-state index in [4.69, 9.17) is 0 Å². The van der Waals surface area contributed by atoms with Crippen LogP contribution < -0.4 is 5.32 Å². The Bertz CT molecular complexity index is 368. The van der Waals surface area contributed by atoms with Gasteiger partial charge in [0.2, 0.25) is 5.91 Å². The molecule has 0 aliphatic heterocycles. The third kappa shape index (κ3) is 7.33. The summed E-state index contributed by atoms with van der Waals surface area (Å²) in [4.78, 5) is 15.4. The molecule has 0 aliphatic carbocycles. The second-order valence-corrected chi connectivity index (χ2v) is 7.08. The van der Waals surface area contributed by atoms with Crippen LogP contribution in [0.4, 0.5) is 0 Å². The van der Waals surface area contributed by atoms with E-state index in [1.165, 1.54) is 4.88 Å². The smallest absolute Gasteiger partial charge is 0.234 e. The number of hydrogen-bond donors (Lipinski definition) is 1. The molecule has 0 aliphatic rings. The molecular formula is C15H26N2OS. The Morgan fingerprint density at radius 1 is 1.42 bits per heavy atom. The topological polar surface area (TPSA) is 32.3 Å². The minimum Gasteiger partial charge on any atom is -0.355 e. The van der Waals surface area contributed by atoms with E-state index in [0.29, 0.717) is 6.54 Å². The van der Waals surface area contributed by atoms with Gasteiger partial charge < -0.3 is 5.32 Å². The summed E-state index contributed by atoms with van der Waals surface area (Å²) in [6, 6.07) is 4.17. The maximum atomic E-state index is 11.9. The van der Waals surface area contributed by atoms with Gasteiger partial charge in [0.25, 0.3) is 0 Å². The molecule has 1 rings (SSSR count). The summed E-state index contributed by atoms with van der Waals surface area (Å²) in [7, 11) is 0. The Kier molecular flexibility index (Phi) is 6.52. The molecule has 0 aromatic carbocycles. The molecular weight excluding hydrogens is 256 g/mol. The predicted octanol–water partition coefficient (Wildman–Crippen LogP) is 3.12. The molecule has 4 heteroatoms. The fourth-order valence-corrected chi connectivity index (χ4v) is 2.48. The van der Waals surface area contributed by atoms with Gasteiger partial charge in [-0.2, -0.15) is 0 Å². The fourth-order valence-electron chi connectivity index (χ4n) is 1.74. The van der Waals surface area contributed by atoms with Gasteiger partial charge >= 0.3 is 0 Å². The third-order valence-electron chi connectivity index (χ3n) is 2.97. The zero-order valence-electron chi connectivity index (χ0n) is 12.5. The molecule has 1 heterocycles. The van der Waals surface area contributed by atoms with E-state index in [0.717, 1.165) is 26.1 Å². The molecule has 0 unspecified atom stereocenters. The average Bonchev–Trinajstić information content (AvgIpc) is 2.79. The van der Waals surface area contributed by atoms with Crippen LogP contribution >= 0.6 is 11.3 Å². The van der Waals surface area contributed by atoms with E-state index in [2.05, 4.69) is 55.4 Å². The molecule has 0 spiro atoms.